The first-order chi connectivity index (χ1) is 7.82. The van der Waals surface area contributed by atoms with E-state index in [1.54, 1.807) is 15.8 Å². The van der Waals surface area contributed by atoms with Crippen LogP contribution in [0.1, 0.15) is 45.0 Å². The maximum Gasteiger partial charge on any atom is 0.258 e. The predicted octanol–water partition coefficient (Wildman–Crippen LogP) is 2.77. The lowest BCUT2D eigenvalue weighted by Gasteiger charge is -2.21. The van der Waals surface area contributed by atoms with Crippen molar-refractivity contribution in [3.8, 4) is 0 Å². The van der Waals surface area contributed by atoms with Crippen molar-refractivity contribution in [1.82, 2.24) is 14.7 Å². The van der Waals surface area contributed by atoms with E-state index in [4.69, 9.17) is 11.6 Å². The number of aromatic nitrogens is 2. The minimum atomic E-state index is -0.223. The summed E-state index contributed by atoms with van der Waals surface area (Å²) in [6.07, 6.45) is 1.55. The maximum absolute atomic E-state index is 12.2. The maximum atomic E-state index is 12.2. The van der Waals surface area contributed by atoms with E-state index in [2.05, 4.69) is 5.10 Å². The number of carbonyl (C=O) groups excluding carboxylic acids is 1. The highest BCUT2D eigenvalue weighted by molar-refractivity contribution is 6.32. The zero-order valence-corrected chi connectivity index (χ0v) is 11.9. The largest absolute Gasteiger partial charge is 0.339 e. The molecule has 5 heteroatoms. The van der Waals surface area contributed by atoms with Gasteiger partial charge in [-0.05, 0) is 34.6 Å². The van der Waals surface area contributed by atoms with E-state index in [0.29, 0.717) is 23.8 Å². The third kappa shape index (κ3) is 2.80. The zero-order valence-electron chi connectivity index (χ0n) is 11.1. The van der Waals surface area contributed by atoms with Crippen LogP contribution in [-0.4, -0.2) is 33.7 Å². The molecule has 0 saturated heterocycles. The van der Waals surface area contributed by atoms with Crippen LogP contribution in [0.3, 0.4) is 0 Å². The first kappa shape index (κ1) is 14.0. The van der Waals surface area contributed by atoms with E-state index in [-0.39, 0.29) is 11.4 Å². The van der Waals surface area contributed by atoms with Crippen molar-refractivity contribution >= 4 is 17.5 Å². The van der Waals surface area contributed by atoms with E-state index in [1.807, 2.05) is 34.6 Å². The molecule has 1 rings (SSSR count). The lowest BCUT2D eigenvalue weighted by molar-refractivity contribution is 0.0773. The van der Waals surface area contributed by atoms with E-state index in [9.17, 15) is 4.79 Å². The second-order valence-corrected chi connectivity index (χ2v) is 5.27. The zero-order chi connectivity index (χ0) is 13.2. The van der Waals surface area contributed by atoms with Gasteiger partial charge in [0.05, 0.1) is 17.3 Å². The fourth-order valence-electron chi connectivity index (χ4n) is 1.63. The van der Waals surface area contributed by atoms with Gasteiger partial charge < -0.3 is 4.90 Å². The molecule has 17 heavy (non-hydrogen) atoms. The summed E-state index contributed by atoms with van der Waals surface area (Å²) in [5.74, 6) is -0.0597. The van der Waals surface area contributed by atoms with Gasteiger partial charge in [-0.15, -0.1) is 0 Å². The monoisotopic (exact) mass is 257 g/mol. The smallest absolute Gasteiger partial charge is 0.258 e. The van der Waals surface area contributed by atoms with Crippen LogP contribution in [0.25, 0.3) is 0 Å². The van der Waals surface area contributed by atoms with Gasteiger partial charge in [-0.1, -0.05) is 11.6 Å². The molecular weight excluding hydrogens is 238 g/mol. The Morgan fingerprint density at radius 2 is 1.94 bits per heavy atom. The molecule has 4 nitrogen and oxygen atoms in total. The molecule has 0 radical (unpaired) electrons. The fraction of sp³-hybridized carbons (Fsp3) is 0.667. The van der Waals surface area contributed by atoms with Crippen LogP contribution in [0.4, 0.5) is 0 Å². The van der Waals surface area contributed by atoms with Crippen molar-refractivity contribution in [1.29, 1.82) is 0 Å². The van der Waals surface area contributed by atoms with Gasteiger partial charge >= 0.3 is 0 Å². The summed E-state index contributed by atoms with van der Waals surface area (Å²) < 4.78 is 1.67. The Hall–Kier alpha value is -1.03. The molecule has 0 bridgehead atoms. The quantitative estimate of drug-likeness (QED) is 0.835. The summed E-state index contributed by atoms with van der Waals surface area (Å²) in [7, 11) is 0. The molecule has 0 aliphatic carbocycles. The van der Waals surface area contributed by atoms with Crippen molar-refractivity contribution in [3.63, 3.8) is 0 Å². The van der Waals surface area contributed by atoms with Crippen LogP contribution in [0.2, 0.25) is 5.15 Å². The van der Waals surface area contributed by atoms with Gasteiger partial charge in [-0.25, -0.2) is 4.68 Å². The van der Waals surface area contributed by atoms with Gasteiger partial charge in [-0.2, -0.15) is 5.10 Å². The molecule has 0 saturated carbocycles. The number of hydrogen-bond acceptors (Lipinski definition) is 2. The van der Waals surface area contributed by atoms with Gasteiger partial charge in [0.15, 0.2) is 0 Å². The van der Waals surface area contributed by atoms with Crippen LogP contribution >= 0.6 is 11.6 Å². The van der Waals surface area contributed by atoms with Crippen LogP contribution < -0.4 is 0 Å². The van der Waals surface area contributed by atoms with Crippen molar-refractivity contribution in [2.24, 2.45) is 0 Å². The molecule has 0 spiro atoms. The van der Waals surface area contributed by atoms with Gasteiger partial charge in [0.25, 0.3) is 5.91 Å². The Bertz CT molecular complexity index is 402. The van der Waals surface area contributed by atoms with Gasteiger partial charge in [-0.3, -0.25) is 4.79 Å². The molecule has 0 unspecified atom stereocenters. The third-order valence-corrected chi connectivity index (χ3v) is 2.99. The van der Waals surface area contributed by atoms with E-state index >= 15 is 0 Å². The average molecular weight is 258 g/mol. The van der Waals surface area contributed by atoms with Crippen LogP contribution in [0.5, 0.6) is 0 Å². The minimum absolute atomic E-state index is 0.0597. The molecular formula is C12H20ClN3O. The first-order valence-electron chi connectivity index (χ1n) is 5.86. The molecule has 1 heterocycles. The molecule has 0 atom stereocenters. The van der Waals surface area contributed by atoms with Gasteiger partial charge in [0.1, 0.15) is 5.15 Å². The molecule has 1 amide bonds. The van der Waals surface area contributed by atoms with E-state index < -0.39 is 0 Å². The van der Waals surface area contributed by atoms with Gasteiger partial charge in [0, 0.05) is 13.1 Å². The molecule has 0 N–H and O–H groups in total. The van der Waals surface area contributed by atoms with E-state index in [1.165, 1.54) is 0 Å². The summed E-state index contributed by atoms with van der Waals surface area (Å²) in [5.41, 5.74) is 0.254. The topological polar surface area (TPSA) is 38.1 Å². The third-order valence-electron chi connectivity index (χ3n) is 2.63. The summed E-state index contributed by atoms with van der Waals surface area (Å²) in [6, 6.07) is 0. The second kappa shape index (κ2) is 5.08. The molecule has 0 fully saturated rings. The Labute approximate surface area is 108 Å². The lowest BCUT2D eigenvalue weighted by Crippen LogP contribution is -2.30. The number of nitrogens with zero attached hydrogens (tertiary/aromatic N) is 3. The predicted molar refractivity (Wildman–Crippen MR) is 69.5 cm³/mol. The standard InChI is InChI=1S/C12H20ClN3O/c1-6-15(7-2)11(17)9-8-14-16(10(9)13)12(3,4)5/h8H,6-7H2,1-5H3. The van der Waals surface area contributed by atoms with Crippen LogP contribution in [0.15, 0.2) is 6.20 Å². The second-order valence-electron chi connectivity index (χ2n) is 4.91. The van der Waals surface area contributed by atoms with Crippen molar-refractivity contribution < 1.29 is 4.79 Å². The minimum Gasteiger partial charge on any atom is -0.339 e. The summed E-state index contributed by atoms with van der Waals surface area (Å²) >= 11 is 6.21. The number of rotatable bonds is 3. The Morgan fingerprint density at radius 1 is 1.41 bits per heavy atom. The average Bonchev–Trinajstić information content (AvgIpc) is 2.61. The highest BCUT2D eigenvalue weighted by Crippen LogP contribution is 2.24. The fourth-order valence-corrected chi connectivity index (χ4v) is 2.05. The van der Waals surface area contributed by atoms with Crippen molar-refractivity contribution in [2.75, 3.05) is 13.1 Å². The highest BCUT2D eigenvalue weighted by atomic mass is 35.5. The normalized spacial score (nSPS) is 11.6. The summed E-state index contributed by atoms with van der Waals surface area (Å²) in [5, 5.41) is 4.61. The molecule has 96 valence electrons. The Kier molecular flexibility index (Phi) is 4.20. The number of carbonyl (C=O) groups is 1. The molecule has 1 aromatic rings. The van der Waals surface area contributed by atoms with Crippen LogP contribution in [-0.2, 0) is 5.54 Å². The highest BCUT2D eigenvalue weighted by Gasteiger charge is 2.24. The summed E-state index contributed by atoms with van der Waals surface area (Å²) in [4.78, 5) is 13.9. The van der Waals surface area contributed by atoms with E-state index in [0.717, 1.165) is 0 Å². The van der Waals surface area contributed by atoms with Crippen LogP contribution in [0, 0.1) is 0 Å². The SMILES string of the molecule is CCN(CC)C(=O)c1cnn(C(C)(C)C)c1Cl. The lowest BCUT2D eigenvalue weighted by atomic mass is 10.1. The Balaban J connectivity index is 3.09. The molecule has 0 aliphatic rings. The van der Waals surface area contributed by atoms with Crippen molar-refractivity contribution in [3.05, 3.63) is 16.9 Å². The molecule has 1 aromatic heterocycles. The number of hydrogen-bond donors (Lipinski definition) is 0. The number of halogens is 1. The van der Waals surface area contributed by atoms with Gasteiger partial charge in [0.2, 0.25) is 0 Å². The first-order valence-corrected chi connectivity index (χ1v) is 6.24. The Morgan fingerprint density at radius 3 is 2.29 bits per heavy atom. The summed E-state index contributed by atoms with van der Waals surface area (Å²) in [6.45, 7) is 11.2. The molecule has 0 aromatic carbocycles. The number of amides is 1. The molecule has 0 aliphatic heterocycles. The van der Waals surface area contributed by atoms with Crippen molar-refractivity contribution in [2.45, 2.75) is 40.2 Å².